The maximum Gasteiger partial charge on any atom is 0.255 e. The van der Waals surface area contributed by atoms with Gasteiger partial charge in [-0.3, -0.25) is 4.79 Å². The predicted molar refractivity (Wildman–Crippen MR) is 88.6 cm³/mol. The van der Waals surface area contributed by atoms with Crippen molar-refractivity contribution in [2.45, 2.75) is 26.9 Å². The number of hydrogen-bond acceptors (Lipinski definition) is 2. The van der Waals surface area contributed by atoms with Gasteiger partial charge in [-0.1, -0.05) is 12.1 Å². The third-order valence-corrected chi connectivity index (χ3v) is 4.40. The van der Waals surface area contributed by atoms with Crippen LogP contribution in [0.1, 0.15) is 32.6 Å². The average Bonchev–Trinajstić information content (AvgIpc) is 2.89. The van der Waals surface area contributed by atoms with Gasteiger partial charge >= 0.3 is 0 Å². The van der Waals surface area contributed by atoms with Crippen LogP contribution in [0.15, 0.2) is 34.8 Å². The molecule has 0 saturated carbocycles. The van der Waals surface area contributed by atoms with E-state index in [0.29, 0.717) is 5.56 Å². The molecule has 2 aromatic rings. The van der Waals surface area contributed by atoms with E-state index in [0.717, 1.165) is 28.8 Å². The summed E-state index contributed by atoms with van der Waals surface area (Å²) in [7, 11) is 0. The second-order valence-corrected chi connectivity index (χ2v) is 6.33. The molecule has 0 aliphatic carbocycles. The molecule has 0 unspecified atom stereocenters. The van der Waals surface area contributed by atoms with E-state index in [1.54, 1.807) is 0 Å². The smallest absolute Gasteiger partial charge is 0.255 e. The van der Waals surface area contributed by atoms with E-state index in [1.807, 2.05) is 38.1 Å². The van der Waals surface area contributed by atoms with E-state index < -0.39 is 0 Å². The molecule has 0 aromatic heterocycles. The van der Waals surface area contributed by atoms with Gasteiger partial charge in [0.25, 0.3) is 5.91 Å². The molecule has 0 radical (unpaired) electrons. The van der Waals surface area contributed by atoms with Crippen LogP contribution >= 0.6 is 15.9 Å². The Balaban J connectivity index is 1.87. The van der Waals surface area contributed by atoms with Crippen LogP contribution in [0.3, 0.4) is 0 Å². The van der Waals surface area contributed by atoms with Gasteiger partial charge in [0.05, 0.1) is 5.69 Å². The van der Waals surface area contributed by atoms with Gasteiger partial charge < -0.3 is 10.6 Å². The van der Waals surface area contributed by atoms with Crippen molar-refractivity contribution in [2.75, 3.05) is 5.32 Å². The quantitative estimate of drug-likeness (QED) is 0.866. The number of carbonyl (C=O) groups is 1. The fourth-order valence-corrected chi connectivity index (χ4v) is 3.47. The first-order valence-corrected chi connectivity index (χ1v) is 7.74. The Bertz CT molecular complexity index is 702. The molecule has 0 saturated heterocycles. The van der Waals surface area contributed by atoms with Gasteiger partial charge in [0.2, 0.25) is 0 Å². The zero-order valence-corrected chi connectivity index (χ0v) is 13.7. The first-order valence-electron chi connectivity index (χ1n) is 6.95. The molecule has 1 heterocycles. The highest BCUT2D eigenvalue weighted by Gasteiger charge is 2.15. The van der Waals surface area contributed by atoms with Gasteiger partial charge in [-0.25, -0.2) is 0 Å². The van der Waals surface area contributed by atoms with Gasteiger partial charge in [0.15, 0.2) is 0 Å². The average molecular weight is 345 g/mol. The fraction of sp³-hybridized carbons (Fsp3) is 0.235. The zero-order valence-electron chi connectivity index (χ0n) is 12.1. The molecule has 4 heteroatoms. The summed E-state index contributed by atoms with van der Waals surface area (Å²) < 4.78 is 0.913. The lowest BCUT2D eigenvalue weighted by molar-refractivity contribution is 0.102. The van der Waals surface area contributed by atoms with Crippen LogP contribution < -0.4 is 10.6 Å². The van der Waals surface area contributed by atoms with Crippen molar-refractivity contribution in [3.8, 4) is 0 Å². The Morgan fingerprint density at radius 3 is 2.67 bits per heavy atom. The first-order chi connectivity index (χ1) is 10.0. The number of carbonyl (C=O) groups excluding carboxylic acids is 1. The molecule has 21 heavy (non-hydrogen) atoms. The number of halogens is 1. The van der Waals surface area contributed by atoms with E-state index in [-0.39, 0.29) is 5.91 Å². The number of fused-ring (bicyclic) bond motifs is 1. The second kappa shape index (κ2) is 5.62. The van der Waals surface area contributed by atoms with Crippen molar-refractivity contribution in [3.05, 3.63) is 62.6 Å². The number of amides is 1. The third kappa shape index (κ3) is 2.87. The lowest BCUT2D eigenvalue weighted by Gasteiger charge is -2.12. The molecule has 1 aliphatic heterocycles. The maximum atomic E-state index is 12.5. The summed E-state index contributed by atoms with van der Waals surface area (Å²) in [5.74, 6) is -0.0719. The van der Waals surface area contributed by atoms with E-state index in [9.17, 15) is 4.79 Å². The minimum absolute atomic E-state index is 0.0719. The largest absolute Gasteiger partial charge is 0.321 e. The van der Waals surface area contributed by atoms with Crippen molar-refractivity contribution < 1.29 is 4.79 Å². The number of benzene rings is 2. The molecule has 1 amide bonds. The summed E-state index contributed by atoms with van der Waals surface area (Å²) >= 11 is 3.52. The van der Waals surface area contributed by atoms with Crippen molar-refractivity contribution >= 4 is 27.5 Å². The van der Waals surface area contributed by atoms with Gasteiger partial charge in [-0.2, -0.15) is 0 Å². The molecule has 2 N–H and O–H groups in total. The molecule has 0 atom stereocenters. The number of anilines is 1. The van der Waals surface area contributed by atoms with Crippen LogP contribution in [0.4, 0.5) is 5.69 Å². The highest BCUT2D eigenvalue weighted by Crippen LogP contribution is 2.28. The maximum absolute atomic E-state index is 12.5. The van der Waals surface area contributed by atoms with Crippen molar-refractivity contribution in [2.24, 2.45) is 0 Å². The molecule has 3 nitrogen and oxygen atoms in total. The van der Waals surface area contributed by atoms with E-state index in [1.165, 1.54) is 16.7 Å². The summed E-state index contributed by atoms with van der Waals surface area (Å²) in [6, 6.07) is 9.96. The van der Waals surface area contributed by atoms with Crippen LogP contribution in [0.25, 0.3) is 0 Å². The van der Waals surface area contributed by atoms with E-state index in [2.05, 4.69) is 32.6 Å². The number of aryl methyl sites for hydroxylation is 2. The summed E-state index contributed by atoms with van der Waals surface area (Å²) in [4.78, 5) is 12.5. The van der Waals surface area contributed by atoms with Gasteiger partial charge in [0, 0.05) is 23.1 Å². The Morgan fingerprint density at radius 2 is 1.90 bits per heavy atom. The van der Waals surface area contributed by atoms with Gasteiger partial charge in [-0.15, -0.1) is 0 Å². The molecule has 0 fully saturated rings. The fourth-order valence-electron chi connectivity index (χ4n) is 2.70. The minimum Gasteiger partial charge on any atom is -0.321 e. The summed E-state index contributed by atoms with van der Waals surface area (Å²) in [6.07, 6.45) is 0. The van der Waals surface area contributed by atoms with Crippen LogP contribution in [0.2, 0.25) is 0 Å². The zero-order chi connectivity index (χ0) is 15.0. The lowest BCUT2D eigenvalue weighted by atomic mass is 10.1. The van der Waals surface area contributed by atoms with Crippen LogP contribution in [0, 0.1) is 13.8 Å². The van der Waals surface area contributed by atoms with E-state index >= 15 is 0 Å². The molecular formula is C17H17BrN2O. The standard InChI is InChI=1S/C17H17BrN2O/c1-10-5-11(2)16(15(18)6-10)20-17(21)12-3-4-13-8-19-9-14(13)7-12/h3-7,19H,8-9H2,1-2H3,(H,20,21). The Labute approximate surface area is 132 Å². The first kappa shape index (κ1) is 14.3. The monoisotopic (exact) mass is 344 g/mol. The van der Waals surface area contributed by atoms with Crippen LogP contribution in [-0.4, -0.2) is 5.91 Å². The van der Waals surface area contributed by atoms with Crippen molar-refractivity contribution in [1.29, 1.82) is 0 Å². The highest BCUT2D eigenvalue weighted by molar-refractivity contribution is 9.10. The van der Waals surface area contributed by atoms with Crippen molar-refractivity contribution in [1.82, 2.24) is 5.32 Å². The molecular weight excluding hydrogens is 328 g/mol. The topological polar surface area (TPSA) is 41.1 Å². The molecule has 108 valence electrons. The van der Waals surface area contributed by atoms with Crippen molar-refractivity contribution in [3.63, 3.8) is 0 Å². The summed E-state index contributed by atoms with van der Waals surface area (Å²) in [6.45, 7) is 5.76. The normalized spacial score (nSPS) is 13.1. The molecule has 0 bridgehead atoms. The Kier molecular flexibility index (Phi) is 3.83. The summed E-state index contributed by atoms with van der Waals surface area (Å²) in [5.41, 5.74) is 6.24. The van der Waals surface area contributed by atoms with Crippen LogP contribution in [-0.2, 0) is 13.1 Å². The lowest BCUT2D eigenvalue weighted by Crippen LogP contribution is -2.13. The molecule has 3 rings (SSSR count). The number of hydrogen-bond donors (Lipinski definition) is 2. The SMILES string of the molecule is Cc1cc(C)c(NC(=O)c2ccc3c(c2)CNC3)c(Br)c1. The number of rotatable bonds is 2. The Morgan fingerprint density at radius 1 is 1.14 bits per heavy atom. The third-order valence-electron chi connectivity index (χ3n) is 3.77. The molecule has 2 aromatic carbocycles. The Hall–Kier alpha value is -1.65. The predicted octanol–water partition coefficient (Wildman–Crippen LogP) is 3.92. The van der Waals surface area contributed by atoms with Gasteiger partial charge in [-0.05, 0) is 70.2 Å². The minimum atomic E-state index is -0.0719. The molecule has 1 aliphatic rings. The van der Waals surface area contributed by atoms with E-state index in [4.69, 9.17) is 0 Å². The summed E-state index contributed by atoms with van der Waals surface area (Å²) in [5, 5.41) is 6.30. The number of nitrogens with one attached hydrogen (secondary N) is 2. The van der Waals surface area contributed by atoms with Gasteiger partial charge in [0.1, 0.15) is 0 Å². The molecule has 0 spiro atoms. The van der Waals surface area contributed by atoms with Crippen LogP contribution in [0.5, 0.6) is 0 Å². The highest BCUT2D eigenvalue weighted by atomic mass is 79.9. The second-order valence-electron chi connectivity index (χ2n) is 5.48.